The zero-order chi connectivity index (χ0) is 20.1. The summed E-state index contributed by atoms with van der Waals surface area (Å²) < 4.78 is 1.90. The lowest BCUT2D eigenvalue weighted by molar-refractivity contribution is 0.0687. The maximum atomic E-state index is 13.1. The zero-order valence-electron chi connectivity index (χ0n) is 16.9. The number of rotatable bonds is 6. The fraction of sp³-hybridized carbons (Fsp3) is 0.333. The summed E-state index contributed by atoms with van der Waals surface area (Å²) in [4.78, 5) is 15.1. The predicted octanol–water partition coefficient (Wildman–Crippen LogP) is 4.00. The van der Waals surface area contributed by atoms with Gasteiger partial charge in [-0.15, -0.1) is 0 Å². The van der Waals surface area contributed by atoms with Crippen LogP contribution in [0, 0.1) is 5.92 Å². The van der Waals surface area contributed by atoms with E-state index in [0.29, 0.717) is 0 Å². The van der Waals surface area contributed by atoms with E-state index in [0.717, 1.165) is 60.9 Å². The number of hydrogen-bond donors (Lipinski definition) is 1. The third-order valence-corrected chi connectivity index (χ3v) is 5.75. The van der Waals surface area contributed by atoms with Gasteiger partial charge in [-0.3, -0.25) is 4.79 Å². The Morgan fingerprint density at radius 2 is 1.86 bits per heavy atom. The first-order valence-electron chi connectivity index (χ1n) is 10.4. The highest BCUT2D eigenvalue weighted by Crippen LogP contribution is 2.24. The van der Waals surface area contributed by atoms with Gasteiger partial charge in [-0.1, -0.05) is 36.4 Å². The minimum Gasteiger partial charge on any atom is -0.339 e. The molecule has 1 amide bonds. The van der Waals surface area contributed by atoms with Crippen LogP contribution in [0.2, 0.25) is 0 Å². The van der Waals surface area contributed by atoms with Crippen LogP contribution in [0.5, 0.6) is 0 Å². The number of carbonyl (C=O) groups excluding carboxylic acids is 1. The predicted molar refractivity (Wildman–Crippen MR) is 116 cm³/mol. The van der Waals surface area contributed by atoms with Crippen molar-refractivity contribution < 1.29 is 4.79 Å². The Hall–Kier alpha value is -2.92. The van der Waals surface area contributed by atoms with Gasteiger partial charge in [-0.25, -0.2) is 4.68 Å². The van der Waals surface area contributed by atoms with Crippen LogP contribution in [0.4, 0.5) is 0 Å². The van der Waals surface area contributed by atoms with Gasteiger partial charge in [0.1, 0.15) is 0 Å². The van der Waals surface area contributed by atoms with Crippen molar-refractivity contribution in [2.45, 2.75) is 19.3 Å². The molecule has 4 rings (SSSR count). The van der Waals surface area contributed by atoms with Gasteiger partial charge >= 0.3 is 0 Å². The fourth-order valence-corrected chi connectivity index (χ4v) is 4.06. The van der Waals surface area contributed by atoms with E-state index >= 15 is 0 Å². The number of piperidine rings is 1. The molecule has 2 aromatic carbocycles. The number of carbonyl (C=O) groups is 1. The molecule has 5 nitrogen and oxygen atoms in total. The monoisotopic (exact) mass is 388 g/mol. The maximum Gasteiger partial charge on any atom is 0.253 e. The van der Waals surface area contributed by atoms with Crippen LogP contribution in [-0.4, -0.2) is 47.3 Å². The van der Waals surface area contributed by atoms with Crippen molar-refractivity contribution in [2.75, 3.05) is 26.7 Å². The molecule has 0 bridgehead atoms. The van der Waals surface area contributed by atoms with Gasteiger partial charge in [0.2, 0.25) is 0 Å². The molecule has 1 saturated heterocycles. The standard InChI is InChI=1S/C24H28N4O/c1-25-14-10-19-12-16-27(17-13-19)24(29)21-8-5-9-22(18-21)28-23(11-15-26-28)20-6-3-2-4-7-20/h2-9,11,15,18-19,25H,10,12-14,16-17H2,1H3. The Balaban J connectivity index is 1.50. The first kappa shape index (κ1) is 19.4. The Kier molecular flexibility index (Phi) is 6.06. The molecule has 1 aliphatic heterocycles. The van der Waals surface area contributed by atoms with Crippen molar-refractivity contribution in [1.29, 1.82) is 0 Å². The van der Waals surface area contributed by atoms with Gasteiger partial charge in [-0.05, 0) is 63.0 Å². The van der Waals surface area contributed by atoms with Crippen molar-refractivity contribution in [3.05, 3.63) is 72.4 Å². The highest BCUT2D eigenvalue weighted by Gasteiger charge is 2.23. The third kappa shape index (κ3) is 4.40. The highest BCUT2D eigenvalue weighted by molar-refractivity contribution is 5.94. The molecule has 29 heavy (non-hydrogen) atoms. The Bertz CT molecular complexity index is 942. The largest absolute Gasteiger partial charge is 0.339 e. The molecule has 0 atom stereocenters. The number of benzene rings is 2. The average molecular weight is 389 g/mol. The van der Waals surface area contributed by atoms with Crippen molar-refractivity contribution >= 4 is 5.91 Å². The fourth-order valence-electron chi connectivity index (χ4n) is 4.06. The first-order valence-corrected chi connectivity index (χ1v) is 10.4. The summed E-state index contributed by atoms with van der Waals surface area (Å²) in [5, 5.41) is 7.72. The van der Waals surface area contributed by atoms with Gasteiger partial charge in [-0.2, -0.15) is 5.10 Å². The Morgan fingerprint density at radius 3 is 2.62 bits per heavy atom. The minimum atomic E-state index is 0.118. The summed E-state index contributed by atoms with van der Waals surface area (Å²) in [5.41, 5.74) is 3.75. The van der Waals surface area contributed by atoms with Crippen LogP contribution in [-0.2, 0) is 0 Å². The molecule has 1 aliphatic rings. The molecule has 0 radical (unpaired) electrons. The summed E-state index contributed by atoms with van der Waals surface area (Å²) in [6.45, 7) is 2.73. The van der Waals surface area contributed by atoms with Crippen molar-refractivity contribution in [1.82, 2.24) is 20.0 Å². The Labute approximate surface area is 172 Å². The van der Waals surface area contributed by atoms with Crippen molar-refractivity contribution in [2.24, 2.45) is 5.92 Å². The van der Waals surface area contributed by atoms with Gasteiger partial charge in [0.15, 0.2) is 0 Å². The second kappa shape index (κ2) is 9.05. The summed E-state index contributed by atoms with van der Waals surface area (Å²) in [5.74, 6) is 0.836. The van der Waals surface area contributed by atoms with E-state index in [1.54, 1.807) is 6.20 Å². The van der Waals surface area contributed by atoms with E-state index < -0.39 is 0 Å². The summed E-state index contributed by atoms with van der Waals surface area (Å²) >= 11 is 0. The average Bonchev–Trinajstić information content (AvgIpc) is 3.28. The summed E-state index contributed by atoms with van der Waals surface area (Å²) in [6, 6.07) is 20.0. The number of aromatic nitrogens is 2. The topological polar surface area (TPSA) is 50.2 Å². The maximum absolute atomic E-state index is 13.1. The number of hydrogen-bond acceptors (Lipinski definition) is 3. The van der Waals surface area contributed by atoms with Gasteiger partial charge in [0, 0.05) is 24.2 Å². The van der Waals surface area contributed by atoms with E-state index in [4.69, 9.17) is 0 Å². The molecule has 3 aromatic rings. The van der Waals surface area contributed by atoms with Crippen molar-refractivity contribution in [3.8, 4) is 16.9 Å². The zero-order valence-corrected chi connectivity index (χ0v) is 16.9. The second-order valence-corrected chi connectivity index (χ2v) is 7.67. The van der Waals surface area contributed by atoms with Gasteiger partial charge in [0.05, 0.1) is 17.6 Å². The van der Waals surface area contributed by atoms with Crippen LogP contribution in [0.25, 0.3) is 16.9 Å². The molecule has 150 valence electrons. The molecule has 2 heterocycles. The lowest BCUT2D eigenvalue weighted by Gasteiger charge is -2.32. The molecular formula is C24H28N4O. The lowest BCUT2D eigenvalue weighted by Crippen LogP contribution is -2.39. The quantitative estimate of drug-likeness (QED) is 0.694. The Morgan fingerprint density at radius 1 is 1.07 bits per heavy atom. The molecule has 1 fully saturated rings. The third-order valence-electron chi connectivity index (χ3n) is 5.75. The molecule has 5 heteroatoms. The normalized spacial score (nSPS) is 14.9. The number of nitrogens with zero attached hydrogens (tertiary/aromatic N) is 3. The van der Waals surface area contributed by atoms with Crippen LogP contribution < -0.4 is 5.32 Å². The smallest absolute Gasteiger partial charge is 0.253 e. The summed E-state index contributed by atoms with van der Waals surface area (Å²) in [6.07, 6.45) is 5.16. The molecule has 0 aliphatic carbocycles. The van der Waals surface area contributed by atoms with Crippen LogP contribution in [0.15, 0.2) is 66.9 Å². The van der Waals surface area contributed by atoms with Crippen LogP contribution in [0.3, 0.4) is 0 Å². The van der Waals surface area contributed by atoms with E-state index in [9.17, 15) is 4.79 Å². The summed E-state index contributed by atoms with van der Waals surface area (Å²) in [7, 11) is 1.99. The minimum absolute atomic E-state index is 0.118. The van der Waals surface area contributed by atoms with Crippen LogP contribution in [0.1, 0.15) is 29.6 Å². The van der Waals surface area contributed by atoms with Gasteiger partial charge in [0.25, 0.3) is 5.91 Å². The number of likely N-dealkylation sites (tertiary alicyclic amines) is 1. The van der Waals surface area contributed by atoms with Crippen molar-refractivity contribution in [3.63, 3.8) is 0 Å². The SMILES string of the molecule is CNCCC1CCN(C(=O)c2cccc(-n3nccc3-c3ccccc3)c2)CC1. The highest BCUT2D eigenvalue weighted by atomic mass is 16.2. The number of amides is 1. The molecule has 0 saturated carbocycles. The molecule has 1 aromatic heterocycles. The molecule has 0 unspecified atom stereocenters. The second-order valence-electron chi connectivity index (χ2n) is 7.67. The van der Waals surface area contributed by atoms with E-state index in [2.05, 4.69) is 22.5 Å². The molecular weight excluding hydrogens is 360 g/mol. The first-order chi connectivity index (χ1) is 14.3. The van der Waals surface area contributed by atoms with E-state index in [1.807, 2.05) is 65.2 Å². The van der Waals surface area contributed by atoms with Gasteiger partial charge < -0.3 is 10.2 Å². The number of nitrogens with one attached hydrogen (secondary N) is 1. The van der Waals surface area contributed by atoms with E-state index in [1.165, 1.54) is 6.42 Å². The molecule has 1 N–H and O–H groups in total. The lowest BCUT2D eigenvalue weighted by atomic mass is 9.93. The van der Waals surface area contributed by atoms with Crippen LogP contribution >= 0.6 is 0 Å². The molecule has 0 spiro atoms. The van der Waals surface area contributed by atoms with E-state index in [-0.39, 0.29) is 5.91 Å².